The highest BCUT2D eigenvalue weighted by Gasteiger charge is 2.41. The molecule has 0 radical (unpaired) electrons. The Morgan fingerprint density at radius 2 is 2.17 bits per heavy atom. The van der Waals surface area contributed by atoms with Crippen molar-refractivity contribution in [3.8, 4) is 0 Å². The van der Waals surface area contributed by atoms with Crippen LogP contribution in [0, 0.1) is 5.41 Å². The molecular formula is C7H11NO3S. The van der Waals surface area contributed by atoms with E-state index in [1.54, 1.807) is 6.92 Å². The first-order valence-corrected chi connectivity index (χ1v) is 3.95. The Morgan fingerprint density at radius 3 is 2.25 bits per heavy atom. The lowest BCUT2D eigenvalue weighted by molar-refractivity contribution is -0.154. The van der Waals surface area contributed by atoms with E-state index in [-0.39, 0.29) is 12.8 Å². The van der Waals surface area contributed by atoms with E-state index < -0.39 is 17.3 Å². The van der Waals surface area contributed by atoms with E-state index in [0.29, 0.717) is 0 Å². The van der Waals surface area contributed by atoms with Gasteiger partial charge in [-0.25, -0.2) is 0 Å². The number of rotatable bonds is 5. The molecular weight excluding hydrogens is 178 g/mol. The zero-order valence-corrected chi connectivity index (χ0v) is 7.56. The van der Waals surface area contributed by atoms with Crippen molar-refractivity contribution in [3.63, 3.8) is 0 Å². The Hall–Kier alpha value is -0.970. The van der Waals surface area contributed by atoms with Gasteiger partial charge in [0.25, 0.3) is 0 Å². The first-order valence-electron chi connectivity index (χ1n) is 3.48. The van der Waals surface area contributed by atoms with Gasteiger partial charge in [0.2, 0.25) is 5.91 Å². The minimum absolute atomic E-state index is 0.00347. The fourth-order valence-corrected chi connectivity index (χ4v) is 1.19. The quantitative estimate of drug-likeness (QED) is 0.483. The van der Waals surface area contributed by atoms with E-state index in [0.717, 1.165) is 0 Å². The second-order valence-corrected chi connectivity index (χ2v) is 2.81. The summed E-state index contributed by atoms with van der Waals surface area (Å²) in [6.45, 7) is 1.59. The maximum Gasteiger partial charge on any atom is 0.319 e. The lowest BCUT2D eigenvalue weighted by atomic mass is 9.82. The molecule has 12 heavy (non-hydrogen) atoms. The number of primary amides is 1. The average molecular weight is 189 g/mol. The number of hydrogen-bond donors (Lipinski definition) is 2. The summed E-state index contributed by atoms with van der Waals surface area (Å²) in [4.78, 5) is 21.6. The molecule has 0 saturated carbocycles. The van der Waals surface area contributed by atoms with Crippen LogP contribution in [0.3, 0.4) is 0 Å². The SMILES string of the molecule is CCC(CC=S)(C(N)=O)C(=O)O. The van der Waals surface area contributed by atoms with Gasteiger partial charge in [0.15, 0.2) is 0 Å². The topological polar surface area (TPSA) is 80.4 Å². The van der Waals surface area contributed by atoms with E-state index in [1.807, 2.05) is 0 Å². The Morgan fingerprint density at radius 1 is 1.67 bits per heavy atom. The lowest BCUT2D eigenvalue weighted by Gasteiger charge is -2.21. The number of carbonyl (C=O) groups is 2. The van der Waals surface area contributed by atoms with Crippen LogP contribution in [0.2, 0.25) is 0 Å². The molecule has 1 amide bonds. The van der Waals surface area contributed by atoms with Crippen molar-refractivity contribution in [2.75, 3.05) is 0 Å². The fourth-order valence-electron chi connectivity index (χ4n) is 0.905. The minimum atomic E-state index is -1.51. The van der Waals surface area contributed by atoms with E-state index in [4.69, 9.17) is 10.8 Å². The molecule has 0 fully saturated rings. The molecule has 0 rings (SSSR count). The van der Waals surface area contributed by atoms with Crippen LogP contribution in [0.1, 0.15) is 19.8 Å². The number of hydrogen-bond acceptors (Lipinski definition) is 3. The Kier molecular flexibility index (Phi) is 3.82. The number of nitrogens with two attached hydrogens (primary N) is 1. The molecule has 0 bridgehead atoms. The largest absolute Gasteiger partial charge is 0.480 e. The third kappa shape index (κ3) is 1.79. The lowest BCUT2D eigenvalue weighted by Crippen LogP contribution is -2.43. The molecule has 0 aliphatic heterocycles. The highest BCUT2D eigenvalue weighted by Crippen LogP contribution is 2.25. The predicted molar refractivity (Wildman–Crippen MR) is 47.8 cm³/mol. The molecule has 5 heteroatoms. The number of carbonyl (C=O) groups excluding carboxylic acids is 1. The summed E-state index contributed by atoms with van der Waals surface area (Å²) in [5, 5.41) is 9.98. The van der Waals surface area contributed by atoms with Crippen LogP contribution in [0.5, 0.6) is 0 Å². The monoisotopic (exact) mass is 189 g/mol. The number of thiocarbonyl (C=S) groups is 1. The summed E-state index contributed by atoms with van der Waals surface area (Å²) in [5.74, 6) is -2.04. The Balaban J connectivity index is 4.88. The third-order valence-corrected chi connectivity index (χ3v) is 2.08. The second kappa shape index (κ2) is 4.15. The maximum atomic E-state index is 10.9. The van der Waals surface area contributed by atoms with E-state index in [2.05, 4.69) is 12.2 Å². The van der Waals surface area contributed by atoms with Crippen LogP contribution >= 0.6 is 12.2 Å². The zero-order chi connectivity index (χ0) is 9.78. The number of amides is 1. The summed E-state index contributed by atoms with van der Waals surface area (Å²) >= 11 is 4.51. The van der Waals surface area contributed by atoms with Gasteiger partial charge in [-0.1, -0.05) is 19.1 Å². The van der Waals surface area contributed by atoms with Gasteiger partial charge in [-0.15, -0.1) is 0 Å². The summed E-state index contributed by atoms with van der Waals surface area (Å²) in [5.41, 5.74) is 3.47. The molecule has 0 aromatic rings. The molecule has 0 spiro atoms. The fraction of sp³-hybridized carbons (Fsp3) is 0.571. The smallest absolute Gasteiger partial charge is 0.319 e. The van der Waals surface area contributed by atoms with Gasteiger partial charge >= 0.3 is 5.97 Å². The maximum absolute atomic E-state index is 10.9. The normalized spacial score (nSPS) is 14.8. The molecule has 0 aromatic carbocycles. The number of carboxylic acids is 1. The van der Waals surface area contributed by atoms with Gasteiger partial charge in [0.1, 0.15) is 5.41 Å². The van der Waals surface area contributed by atoms with Crippen molar-refractivity contribution >= 4 is 29.5 Å². The third-order valence-electron chi connectivity index (χ3n) is 1.92. The molecule has 1 unspecified atom stereocenters. The van der Waals surface area contributed by atoms with E-state index >= 15 is 0 Å². The first-order chi connectivity index (χ1) is 5.51. The standard InChI is InChI=1S/C7H11NO3S/c1-2-7(3-4-12,5(8)9)6(10)11/h4H,2-3H2,1H3,(H2,8,9)(H,10,11). The van der Waals surface area contributed by atoms with Crippen LogP contribution < -0.4 is 5.73 Å². The molecule has 3 N–H and O–H groups in total. The molecule has 1 atom stereocenters. The summed E-state index contributed by atoms with van der Waals surface area (Å²) in [6, 6.07) is 0. The summed E-state index contributed by atoms with van der Waals surface area (Å²) in [6.07, 6.45) is 0.161. The van der Waals surface area contributed by atoms with Crippen molar-refractivity contribution in [1.82, 2.24) is 0 Å². The molecule has 0 heterocycles. The van der Waals surface area contributed by atoms with Crippen molar-refractivity contribution in [2.24, 2.45) is 11.1 Å². The van der Waals surface area contributed by atoms with Crippen LogP contribution in [0.15, 0.2) is 0 Å². The molecule has 0 saturated heterocycles. The van der Waals surface area contributed by atoms with Crippen molar-refractivity contribution < 1.29 is 14.7 Å². The van der Waals surface area contributed by atoms with Crippen LogP contribution in [-0.4, -0.2) is 22.4 Å². The van der Waals surface area contributed by atoms with Crippen molar-refractivity contribution in [1.29, 1.82) is 0 Å². The number of carboxylic acid groups (broad SMARTS) is 1. The van der Waals surface area contributed by atoms with Crippen molar-refractivity contribution in [3.05, 3.63) is 0 Å². The van der Waals surface area contributed by atoms with Gasteiger partial charge in [-0.3, -0.25) is 9.59 Å². The summed E-state index contributed by atoms with van der Waals surface area (Å²) < 4.78 is 0. The number of aliphatic carboxylic acids is 1. The molecule has 0 aliphatic carbocycles. The highest BCUT2D eigenvalue weighted by molar-refractivity contribution is 7.78. The Bertz CT molecular complexity index is 201. The Labute approximate surface area is 75.7 Å². The van der Waals surface area contributed by atoms with Crippen LogP contribution in [0.4, 0.5) is 0 Å². The van der Waals surface area contributed by atoms with E-state index in [1.165, 1.54) is 5.37 Å². The second-order valence-electron chi connectivity index (χ2n) is 2.48. The van der Waals surface area contributed by atoms with Crippen molar-refractivity contribution in [2.45, 2.75) is 19.8 Å². The van der Waals surface area contributed by atoms with E-state index in [9.17, 15) is 9.59 Å². The van der Waals surface area contributed by atoms with Gasteiger partial charge in [0.05, 0.1) is 0 Å². The minimum Gasteiger partial charge on any atom is -0.480 e. The highest BCUT2D eigenvalue weighted by atomic mass is 32.1. The van der Waals surface area contributed by atoms with Gasteiger partial charge in [0, 0.05) is 6.42 Å². The first kappa shape index (κ1) is 11.0. The predicted octanol–water partition coefficient (Wildman–Crippen LogP) is 0.342. The molecule has 0 aliphatic rings. The van der Waals surface area contributed by atoms with Gasteiger partial charge in [-0.05, 0) is 11.8 Å². The van der Waals surface area contributed by atoms with Gasteiger partial charge < -0.3 is 10.8 Å². The average Bonchev–Trinajstić information content (AvgIpc) is 1.98. The van der Waals surface area contributed by atoms with Crippen LogP contribution in [0.25, 0.3) is 0 Å². The molecule has 68 valence electrons. The molecule has 4 nitrogen and oxygen atoms in total. The molecule has 0 aromatic heterocycles. The van der Waals surface area contributed by atoms with Crippen LogP contribution in [-0.2, 0) is 9.59 Å². The zero-order valence-electron chi connectivity index (χ0n) is 6.74. The van der Waals surface area contributed by atoms with Gasteiger partial charge in [-0.2, -0.15) is 0 Å². The summed E-state index contributed by atoms with van der Waals surface area (Å²) in [7, 11) is 0.